The molecule has 2 heterocycles. The number of hydrogen-bond acceptors (Lipinski definition) is 2. The van der Waals surface area contributed by atoms with Crippen LogP contribution in [0.5, 0.6) is 0 Å². The molecule has 0 bridgehead atoms. The van der Waals surface area contributed by atoms with Gasteiger partial charge in [-0.3, -0.25) is 4.68 Å². The van der Waals surface area contributed by atoms with Gasteiger partial charge in [0.25, 0.3) is 0 Å². The van der Waals surface area contributed by atoms with Crippen LogP contribution in [0.2, 0.25) is 0 Å². The number of rotatable bonds is 7. The van der Waals surface area contributed by atoms with E-state index in [2.05, 4.69) is 61.5 Å². The number of unbranched alkanes of at least 4 members (excludes halogenated alkanes) is 3. The SMILES string of the molecule is Ic1nn(CCCCCCN2CCCCC2)c2ccccc12. The Kier molecular flexibility index (Phi) is 6.12. The van der Waals surface area contributed by atoms with Crippen molar-refractivity contribution >= 4 is 33.5 Å². The van der Waals surface area contributed by atoms with Gasteiger partial charge in [0.2, 0.25) is 0 Å². The quantitative estimate of drug-likeness (QED) is 0.487. The number of halogens is 1. The zero-order chi connectivity index (χ0) is 15.2. The summed E-state index contributed by atoms with van der Waals surface area (Å²) in [4.78, 5) is 2.65. The van der Waals surface area contributed by atoms with Gasteiger partial charge in [0.05, 0.1) is 5.52 Å². The highest BCUT2D eigenvalue weighted by atomic mass is 127. The molecule has 0 spiro atoms. The van der Waals surface area contributed by atoms with E-state index in [1.165, 1.54) is 75.5 Å². The summed E-state index contributed by atoms with van der Waals surface area (Å²) in [5.41, 5.74) is 1.28. The molecule has 3 nitrogen and oxygen atoms in total. The molecule has 2 aromatic rings. The summed E-state index contributed by atoms with van der Waals surface area (Å²) in [6.07, 6.45) is 9.52. The van der Waals surface area contributed by atoms with Crippen molar-refractivity contribution in [2.45, 2.75) is 51.5 Å². The normalized spacial score (nSPS) is 16.4. The molecule has 1 saturated heterocycles. The lowest BCUT2D eigenvalue weighted by Crippen LogP contribution is -2.30. The zero-order valence-corrected chi connectivity index (χ0v) is 15.5. The largest absolute Gasteiger partial charge is 0.303 e. The highest BCUT2D eigenvalue weighted by Crippen LogP contribution is 2.20. The van der Waals surface area contributed by atoms with Crippen molar-refractivity contribution < 1.29 is 0 Å². The van der Waals surface area contributed by atoms with Gasteiger partial charge in [-0.25, -0.2) is 0 Å². The molecule has 120 valence electrons. The summed E-state index contributed by atoms with van der Waals surface area (Å²) in [7, 11) is 0. The summed E-state index contributed by atoms with van der Waals surface area (Å²) < 4.78 is 3.31. The summed E-state index contributed by atoms with van der Waals surface area (Å²) in [6.45, 7) is 5.02. The van der Waals surface area contributed by atoms with Crippen LogP contribution in [0, 0.1) is 3.70 Å². The van der Waals surface area contributed by atoms with Gasteiger partial charge < -0.3 is 4.90 Å². The third-order valence-electron chi connectivity index (χ3n) is 4.66. The summed E-state index contributed by atoms with van der Waals surface area (Å²) in [5.74, 6) is 0. The highest BCUT2D eigenvalue weighted by molar-refractivity contribution is 14.1. The van der Waals surface area contributed by atoms with E-state index < -0.39 is 0 Å². The number of aryl methyl sites for hydroxylation is 1. The molecule has 0 saturated carbocycles. The first-order valence-corrected chi connectivity index (χ1v) is 9.76. The summed E-state index contributed by atoms with van der Waals surface area (Å²) >= 11 is 2.34. The Hall–Kier alpha value is -0.620. The van der Waals surface area contributed by atoms with Gasteiger partial charge in [-0.1, -0.05) is 37.5 Å². The Morgan fingerprint density at radius 3 is 2.45 bits per heavy atom. The van der Waals surface area contributed by atoms with Crippen LogP contribution in [0.4, 0.5) is 0 Å². The number of para-hydroxylation sites is 1. The molecule has 0 N–H and O–H groups in total. The highest BCUT2D eigenvalue weighted by Gasteiger charge is 2.09. The van der Waals surface area contributed by atoms with Gasteiger partial charge in [0, 0.05) is 11.9 Å². The molecule has 1 aliphatic heterocycles. The maximum Gasteiger partial charge on any atom is 0.131 e. The second kappa shape index (κ2) is 8.29. The van der Waals surface area contributed by atoms with Gasteiger partial charge in [-0.05, 0) is 74.0 Å². The Balaban J connectivity index is 1.37. The molecule has 0 atom stereocenters. The lowest BCUT2D eigenvalue weighted by atomic mass is 10.1. The average Bonchev–Trinajstić information content (AvgIpc) is 2.88. The monoisotopic (exact) mass is 411 g/mol. The Bertz CT molecular complexity index is 587. The van der Waals surface area contributed by atoms with Crippen molar-refractivity contribution in [1.29, 1.82) is 0 Å². The van der Waals surface area contributed by atoms with Gasteiger partial charge in [0.15, 0.2) is 0 Å². The molecule has 0 amide bonds. The molecule has 3 rings (SSSR count). The molecule has 1 aliphatic rings. The van der Waals surface area contributed by atoms with Crippen LogP contribution >= 0.6 is 22.6 Å². The molecular weight excluding hydrogens is 385 g/mol. The summed E-state index contributed by atoms with van der Waals surface area (Å²) in [6, 6.07) is 8.55. The number of benzene rings is 1. The molecule has 1 aromatic carbocycles. The fourth-order valence-corrected chi connectivity index (χ4v) is 4.11. The minimum atomic E-state index is 1.05. The maximum absolute atomic E-state index is 4.68. The van der Waals surface area contributed by atoms with Crippen LogP contribution in [0.15, 0.2) is 24.3 Å². The molecular formula is C18H26IN3. The number of fused-ring (bicyclic) bond motifs is 1. The van der Waals surface area contributed by atoms with Crippen molar-refractivity contribution in [3.8, 4) is 0 Å². The fraction of sp³-hybridized carbons (Fsp3) is 0.611. The van der Waals surface area contributed by atoms with E-state index in [0.29, 0.717) is 0 Å². The van der Waals surface area contributed by atoms with Crippen LogP contribution in [0.3, 0.4) is 0 Å². The van der Waals surface area contributed by atoms with Crippen molar-refractivity contribution in [1.82, 2.24) is 14.7 Å². The lowest BCUT2D eigenvalue weighted by molar-refractivity contribution is 0.224. The van der Waals surface area contributed by atoms with Gasteiger partial charge in [0.1, 0.15) is 3.70 Å². The van der Waals surface area contributed by atoms with Crippen molar-refractivity contribution in [2.24, 2.45) is 0 Å². The molecule has 0 aliphatic carbocycles. The van der Waals surface area contributed by atoms with Gasteiger partial charge >= 0.3 is 0 Å². The van der Waals surface area contributed by atoms with E-state index in [-0.39, 0.29) is 0 Å². The van der Waals surface area contributed by atoms with E-state index in [0.717, 1.165) is 10.2 Å². The second-order valence-electron chi connectivity index (χ2n) is 6.35. The predicted molar refractivity (Wildman–Crippen MR) is 101 cm³/mol. The van der Waals surface area contributed by atoms with Gasteiger partial charge in [-0.2, -0.15) is 5.10 Å². The van der Waals surface area contributed by atoms with Crippen molar-refractivity contribution in [3.05, 3.63) is 28.0 Å². The summed E-state index contributed by atoms with van der Waals surface area (Å²) in [5, 5.41) is 5.96. The molecule has 0 unspecified atom stereocenters. The van der Waals surface area contributed by atoms with E-state index in [1.54, 1.807) is 0 Å². The average molecular weight is 411 g/mol. The topological polar surface area (TPSA) is 21.1 Å². The van der Waals surface area contributed by atoms with Gasteiger partial charge in [-0.15, -0.1) is 0 Å². The van der Waals surface area contributed by atoms with Crippen LogP contribution in [-0.4, -0.2) is 34.3 Å². The first-order valence-electron chi connectivity index (χ1n) is 8.68. The molecule has 1 fully saturated rings. The number of piperidine rings is 1. The first-order chi connectivity index (χ1) is 10.8. The third kappa shape index (κ3) is 4.22. The number of likely N-dealkylation sites (tertiary alicyclic amines) is 1. The number of aromatic nitrogens is 2. The molecule has 22 heavy (non-hydrogen) atoms. The Labute approximate surface area is 147 Å². The molecule has 1 aromatic heterocycles. The lowest BCUT2D eigenvalue weighted by Gasteiger charge is -2.26. The maximum atomic E-state index is 4.68. The van der Waals surface area contributed by atoms with Crippen molar-refractivity contribution in [2.75, 3.05) is 19.6 Å². The van der Waals surface area contributed by atoms with Crippen molar-refractivity contribution in [3.63, 3.8) is 0 Å². The Morgan fingerprint density at radius 2 is 1.64 bits per heavy atom. The minimum Gasteiger partial charge on any atom is -0.303 e. The van der Waals surface area contributed by atoms with E-state index in [4.69, 9.17) is 0 Å². The Morgan fingerprint density at radius 1 is 0.909 bits per heavy atom. The first kappa shape index (κ1) is 16.2. The van der Waals surface area contributed by atoms with E-state index in [1.807, 2.05) is 0 Å². The molecule has 4 heteroatoms. The zero-order valence-electron chi connectivity index (χ0n) is 13.3. The second-order valence-corrected chi connectivity index (χ2v) is 7.37. The standard InChI is InChI=1S/C18H26IN3/c19-18-16-10-4-5-11-17(16)22(20-18)15-9-2-1-6-12-21-13-7-3-8-14-21/h4-5,10-11H,1-3,6-9,12-15H2. The third-order valence-corrected chi connectivity index (χ3v) is 5.45. The molecule has 0 radical (unpaired) electrons. The number of hydrogen-bond donors (Lipinski definition) is 0. The smallest absolute Gasteiger partial charge is 0.131 e. The van der Waals surface area contributed by atoms with E-state index in [9.17, 15) is 0 Å². The fourth-order valence-electron chi connectivity index (χ4n) is 3.39. The predicted octanol–water partition coefficient (Wildman–Crippen LogP) is 4.69. The van der Waals surface area contributed by atoms with Crippen LogP contribution in [0.1, 0.15) is 44.9 Å². The van der Waals surface area contributed by atoms with Crippen LogP contribution in [0.25, 0.3) is 10.9 Å². The van der Waals surface area contributed by atoms with Crippen LogP contribution < -0.4 is 0 Å². The van der Waals surface area contributed by atoms with Crippen LogP contribution in [-0.2, 0) is 6.54 Å². The number of nitrogens with zero attached hydrogens (tertiary/aromatic N) is 3. The minimum absolute atomic E-state index is 1.05. The van der Waals surface area contributed by atoms with E-state index >= 15 is 0 Å².